The van der Waals surface area contributed by atoms with Gasteiger partial charge in [0.1, 0.15) is 12.4 Å². The van der Waals surface area contributed by atoms with Crippen LogP contribution < -0.4 is 10.1 Å². The molecule has 4 heteroatoms. The number of ether oxygens (including phenoxy) is 3. The summed E-state index contributed by atoms with van der Waals surface area (Å²) in [4.78, 5) is 0. The molecule has 4 nitrogen and oxygen atoms in total. The van der Waals surface area contributed by atoms with Crippen LogP contribution in [0.25, 0.3) is 0 Å². The second-order valence-electron chi connectivity index (χ2n) is 5.18. The Bertz CT molecular complexity index is 479. The molecule has 0 saturated carbocycles. The van der Waals surface area contributed by atoms with Crippen LogP contribution in [-0.4, -0.2) is 31.6 Å². The molecule has 1 aromatic carbocycles. The SMILES string of the molecule is C#CCOc1ccccc1CNCC1COC(C)(C)O1. The van der Waals surface area contributed by atoms with Crippen LogP contribution in [-0.2, 0) is 16.0 Å². The van der Waals surface area contributed by atoms with E-state index in [2.05, 4.69) is 11.2 Å². The predicted molar refractivity (Wildman–Crippen MR) is 77.4 cm³/mol. The molecule has 1 heterocycles. The minimum Gasteiger partial charge on any atom is -0.481 e. The molecule has 1 aliphatic heterocycles. The van der Waals surface area contributed by atoms with Gasteiger partial charge in [-0.05, 0) is 19.9 Å². The Balaban J connectivity index is 1.81. The summed E-state index contributed by atoms with van der Waals surface area (Å²) in [5.74, 6) is 2.82. The summed E-state index contributed by atoms with van der Waals surface area (Å²) in [6.07, 6.45) is 5.30. The molecular formula is C16H21NO3. The number of hydrogen-bond acceptors (Lipinski definition) is 4. The molecular weight excluding hydrogens is 254 g/mol. The number of nitrogens with one attached hydrogen (secondary N) is 1. The maximum Gasteiger partial charge on any atom is 0.163 e. The van der Waals surface area contributed by atoms with Crippen molar-refractivity contribution in [3.05, 3.63) is 29.8 Å². The zero-order chi connectivity index (χ0) is 14.4. The minimum atomic E-state index is -0.472. The molecule has 20 heavy (non-hydrogen) atoms. The summed E-state index contributed by atoms with van der Waals surface area (Å²) < 4.78 is 16.8. The highest BCUT2D eigenvalue weighted by atomic mass is 16.7. The molecule has 0 aromatic heterocycles. The first-order chi connectivity index (χ1) is 9.61. The van der Waals surface area contributed by atoms with E-state index in [4.69, 9.17) is 20.6 Å². The maximum atomic E-state index is 5.74. The van der Waals surface area contributed by atoms with Crippen molar-refractivity contribution < 1.29 is 14.2 Å². The van der Waals surface area contributed by atoms with Gasteiger partial charge in [0.05, 0.1) is 12.7 Å². The summed E-state index contributed by atoms with van der Waals surface area (Å²) in [5.41, 5.74) is 1.08. The van der Waals surface area contributed by atoms with Gasteiger partial charge >= 0.3 is 0 Å². The summed E-state index contributed by atoms with van der Waals surface area (Å²) in [5, 5.41) is 3.36. The third-order valence-corrected chi connectivity index (χ3v) is 3.04. The highest BCUT2D eigenvalue weighted by Gasteiger charge is 2.32. The van der Waals surface area contributed by atoms with E-state index >= 15 is 0 Å². The second-order valence-corrected chi connectivity index (χ2v) is 5.18. The number of para-hydroxylation sites is 1. The molecule has 108 valence electrons. The molecule has 0 aliphatic carbocycles. The van der Waals surface area contributed by atoms with Gasteiger partial charge in [0.25, 0.3) is 0 Å². The summed E-state index contributed by atoms with van der Waals surface area (Å²) in [6.45, 7) is 6.21. The third-order valence-electron chi connectivity index (χ3n) is 3.04. The van der Waals surface area contributed by atoms with Gasteiger partial charge in [-0.25, -0.2) is 0 Å². The Hall–Kier alpha value is -1.54. The van der Waals surface area contributed by atoms with Crippen LogP contribution in [0.3, 0.4) is 0 Å². The zero-order valence-corrected chi connectivity index (χ0v) is 12.0. The van der Waals surface area contributed by atoms with E-state index in [1.807, 2.05) is 38.1 Å². The predicted octanol–water partition coefficient (Wildman–Crippen LogP) is 1.94. The first-order valence-electron chi connectivity index (χ1n) is 6.77. The average molecular weight is 275 g/mol. The quantitative estimate of drug-likeness (QED) is 0.805. The number of terminal acetylenes is 1. The molecule has 2 rings (SSSR count). The smallest absolute Gasteiger partial charge is 0.163 e. The van der Waals surface area contributed by atoms with Crippen molar-refractivity contribution in [1.29, 1.82) is 0 Å². The Kier molecular flexibility index (Phi) is 5.02. The largest absolute Gasteiger partial charge is 0.481 e. The van der Waals surface area contributed by atoms with Crippen molar-refractivity contribution in [1.82, 2.24) is 5.32 Å². The Morgan fingerprint density at radius 1 is 1.45 bits per heavy atom. The fourth-order valence-corrected chi connectivity index (χ4v) is 2.14. The van der Waals surface area contributed by atoms with E-state index in [1.54, 1.807) is 0 Å². The third kappa shape index (κ3) is 4.24. The normalized spacial score (nSPS) is 20.6. The molecule has 1 atom stereocenters. The lowest BCUT2D eigenvalue weighted by Gasteiger charge is -2.17. The van der Waals surface area contributed by atoms with Crippen molar-refractivity contribution in [2.45, 2.75) is 32.3 Å². The fraction of sp³-hybridized carbons (Fsp3) is 0.500. The summed E-state index contributed by atoms with van der Waals surface area (Å²) >= 11 is 0. The van der Waals surface area contributed by atoms with E-state index in [9.17, 15) is 0 Å². The molecule has 1 unspecified atom stereocenters. The molecule has 1 fully saturated rings. The summed E-state index contributed by atoms with van der Waals surface area (Å²) in [6, 6.07) is 7.87. The molecule has 1 aliphatic rings. The van der Waals surface area contributed by atoms with Gasteiger partial charge in [0.2, 0.25) is 0 Å². The van der Waals surface area contributed by atoms with Crippen molar-refractivity contribution in [2.75, 3.05) is 19.8 Å². The van der Waals surface area contributed by atoms with Gasteiger partial charge in [0.15, 0.2) is 5.79 Å². The van der Waals surface area contributed by atoms with Gasteiger partial charge in [0, 0.05) is 18.7 Å². The Labute approximate surface area is 120 Å². The van der Waals surface area contributed by atoms with Crippen LogP contribution in [0.1, 0.15) is 19.4 Å². The topological polar surface area (TPSA) is 39.7 Å². The van der Waals surface area contributed by atoms with Crippen molar-refractivity contribution in [3.63, 3.8) is 0 Å². The van der Waals surface area contributed by atoms with E-state index in [-0.39, 0.29) is 12.7 Å². The molecule has 1 saturated heterocycles. The lowest BCUT2D eigenvalue weighted by Crippen LogP contribution is -2.30. The van der Waals surface area contributed by atoms with Gasteiger partial charge < -0.3 is 19.5 Å². The standard InChI is InChI=1S/C16H21NO3/c1-4-9-18-15-8-6-5-7-13(15)10-17-11-14-12-19-16(2,3)20-14/h1,5-8,14,17H,9-12H2,2-3H3. The van der Waals surface area contributed by atoms with Crippen LogP contribution in [0.2, 0.25) is 0 Å². The fourth-order valence-electron chi connectivity index (χ4n) is 2.14. The van der Waals surface area contributed by atoms with Gasteiger partial charge in [-0.2, -0.15) is 0 Å². The monoisotopic (exact) mass is 275 g/mol. The number of benzene rings is 1. The lowest BCUT2D eigenvalue weighted by molar-refractivity contribution is -0.137. The van der Waals surface area contributed by atoms with E-state index in [1.165, 1.54) is 0 Å². The first kappa shape index (κ1) is 14.9. The number of hydrogen-bond donors (Lipinski definition) is 1. The Morgan fingerprint density at radius 3 is 2.95 bits per heavy atom. The highest BCUT2D eigenvalue weighted by molar-refractivity contribution is 5.33. The first-order valence-corrected chi connectivity index (χ1v) is 6.77. The van der Waals surface area contributed by atoms with Crippen molar-refractivity contribution in [3.8, 4) is 18.1 Å². The lowest BCUT2D eigenvalue weighted by atomic mass is 10.2. The summed E-state index contributed by atoms with van der Waals surface area (Å²) in [7, 11) is 0. The van der Waals surface area contributed by atoms with Gasteiger partial charge in [-0.15, -0.1) is 6.42 Å². The molecule has 0 spiro atoms. The highest BCUT2D eigenvalue weighted by Crippen LogP contribution is 2.22. The second kappa shape index (κ2) is 6.76. The minimum absolute atomic E-state index is 0.0868. The van der Waals surface area contributed by atoms with Crippen LogP contribution in [0.4, 0.5) is 0 Å². The average Bonchev–Trinajstić information content (AvgIpc) is 2.77. The van der Waals surface area contributed by atoms with Gasteiger partial charge in [-0.1, -0.05) is 24.1 Å². The van der Waals surface area contributed by atoms with Crippen LogP contribution in [0.15, 0.2) is 24.3 Å². The van der Waals surface area contributed by atoms with E-state index in [0.29, 0.717) is 13.2 Å². The Morgan fingerprint density at radius 2 is 2.25 bits per heavy atom. The van der Waals surface area contributed by atoms with Crippen LogP contribution >= 0.6 is 0 Å². The molecule has 1 aromatic rings. The molecule has 1 N–H and O–H groups in total. The zero-order valence-electron chi connectivity index (χ0n) is 12.0. The van der Waals surface area contributed by atoms with Crippen LogP contribution in [0, 0.1) is 12.3 Å². The van der Waals surface area contributed by atoms with Crippen molar-refractivity contribution >= 4 is 0 Å². The molecule has 0 radical (unpaired) electrons. The molecule has 0 bridgehead atoms. The van der Waals surface area contributed by atoms with E-state index < -0.39 is 5.79 Å². The van der Waals surface area contributed by atoms with Crippen LogP contribution in [0.5, 0.6) is 5.75 Å². The van der Waals surface area contributed by atoms with Gasteiger partial charge in [-0.3, -0.25) is 0 Å². The number of rotatable bonds is 6. The molecule has 0 amide bonds. The van der Waals surface area contributed by atoms with Crippen molar-refractivity contribution in [2.24, 2.45) is 0 Å². The van der Waals surface area contributed by atoms with E-state index in [0.717, 1.165) is 17.9 Å². The maximum absolute atomic E-state index is 5.74.